The summed E-state index contributed by atoms with van der Waals surface area (Å²) in [6, 6.07) is 19.3. The highest BCUT2D eigenvalue weighted by molar-refractivity contribution is 5.66. The Bertz CT molecular complexity index is 530. The van der Waals surface area contributed by atoms with Crippen LogP contribution in [0.1, 0.15) is 25.3 Å². The van der Waals surface area contributed by atoms with E-state index in [9.17, 15) is 0 Å². The molecule has 0 N–H and O–H groups in total. The molecule has 104 valence electrons. The zero-order valence-corrected chi connectivity index (χ0v) is 12.3. The van der Waals surface area contributed by atoms with E-state index in [1.165, 1.54) is 29.8 Å². The van der Waals surface area contributed by atoms with E-state index in [0.29, 0.717) is 0 Å². The number of allylic oxidation sites excluding steroid dienone is 1. The monoisotopic (exact) mass is 265 g/mol. The Morgan fingerprint density at radius 3 is 2.40 bits per heavy atom. The fourth-order valence-electron chi connectivity index (χ4n) is 2.42. The third-order valence-electron chi connectivity index (χ3n) is 3.45. The van der Waals surface area contributed by atoms with Gasteiger partial charge in [0.15, 0.2) is 0 Å². The van der Waals surface area contributed by atoms with E-state index >= 15 is 0 Å². The Morgan fingerprint density at radius 1 is 1.00 bits per heavy atom. The van der Waals surface area contributed by atoms with Crippen molar-refractivity contribution in [2.45, 2.75) is 26.2 Å². The van der Waals surface area contributed by atoms with Crippen LogP contribution in [0.2, 0.25) is 0 Å². The van der Waals surface area contributed by atoms with Gasteiger partial charge in [-0.1, -0.05) is 55.8 Å². The highest BCUT2D eigenvalue weighted by Crippen LogP contribution is 2.29. The van der Waals surface area contributed by atoms with Crippen LogP contribution < -0.4 is 4.90 Å². The van der Waals surface area contributed by atoms with Gasteiger partial charge in [0.1, 0.15) is 0 Å². The second-order valence-corrected chi connectivity index (χ2v) is 4.96. The molecule has 0 spiro atoms. The second kappa shape index (κ2) is 7.54. The molecule has 0 aliphatic carbocycles. The minimum Gasteiger partial charge on any atom is -0.341 e. The Balaban J connectivity index is 2.38. The first-order valence-electron chi connectivity index (χ1n) is 7.38. The summed E-state index contributed by atoms with van der Waals surface area (Å²) in [5, 5.41) is 0. The van der Waals surface area contributed by atoms with Crippen molar-refractivity contribution in [1.82, 2.24) is 0 Å². The van der Waals surface area contributed by atoms with Gasteiger partial charge in [-0.15, -0.1) is 6.58 Å². The maximum Gasteiger partial charge on any atom is 0.0446 e. The molecule has 2 aromatic rings. The summed E-state index contributed by atoms with van der Waals surface area (Å²) in [6.07, 6.45) is 5.28. The van der Waals surface area contributed by atoms with Gasteiger partial charge in [-0.05, 0) is 36.6 Å². The number of nitrogens with zero attached hydrogens (tertiary/aromatic N) is 1. The standard InChI is InChI=1S/C19H23N/c1-3-5-16-20(18-13-7-6-8-14-18)19-15-10-9-12-17(19)11-4-2/h4,6-10,12-15H,2-3,5,11,16H2,1H3. The molecular weight excluding hydrogens is 242 g/mol. The lowest BCUT2D eigenvalue weighted by Gasteiger charge is -2.27. The van der Waals surface area contributed by atoms with Crippen molar-refractivity contribution in [3.63, 3.8) is 0 Å². The second-order valence-electron chi connectivity index (χ2n) is 4.96. The van der Waals surface area contributed by atoms with Crippen LogP contribution in [0.5, 0.6) is 0 Å². The highest BCUT2D eigenvalue weighted by atomic mass is 15.1. The molecule has 0 bridgehead atoms. The molecule has 0 aliphatic heterocycles. The van der Waals surface area contributed by atoms with Crippen LogP contribution in [0.4, 0.5) is 11.4 Å². The van der Waals surface area contributed by atoms with Gasteiger partial charge < -0.3 is 4.90 Å². The van der Waals surface area contributed by atoms with Crippen LogP contribution in [-0.2, 0) is 6.42 Å². The fraction of sp³-hybridized carbons (Fsp3) is 0.263. The molecule has 0 saturated carbocycles. The lowest BCUT2D eigenvalue weighted by molar-refractivity contribution is 0.784. The predicted molar refractivity (Wildman–Crippen MR) is 88.7 cm³/mol. The molecule has 0 heterocycles. The molecule has 1 nitrogen and oxygen atoms in total. The quantitative estimate of drug-likeness (QED) is 0.610. The first-order chi connectivity index (χ1) is 9.86. The fourth-order valence-corrected chi connectivity index (χ4v) is 2.42. The van der Waals surface area contributed by atoms with Crippen molar-refractivity contribution in [2.24, 2.45) is 0 Å². The Labute approximate surface area is 122 Å². The average molecular weight is 265 g/mol. The molecule has 0 fully saturated rings. The molecule has 0 aliphatic rings. The maximum absolute atomic E-state index is 3.87. The summed E-state index contributed by atoms with van der Waals surface area (Å²) >= 11 is 0. The zero-order chi connectivity index (χ0) is 14.2. The van der Waals surface area contributed by atoms with E-state index in [2.05, 4.69) is 73.0 Å². The van der Waals surface area contributed by atoms with Crippen molar-refractivity contribution in [3.8, 4) is 0 Å². The molecule has 20 heavy (non-hydrogen) atoms. The van der Waals surface area contributed by atoms with Crippen molar-refractivity contribution in [2.75, 3.05) is 11.4 Å². The first-order valence-corrected chi connectivity index (χ1v) is 7.38. The van der Waals surface area contributed by atoms with Crippen LogP contribution in [0.15, 0.2) is 67.3 Å². The number of benzene rings is 2. The van der Waals surface area contributed by atoms with E-state index in [0.717, 1.165) is 13.0 Å². The third kappa shape index (κ3) is 3.51. The lowest BCUT2D eigenvalue weighted by atomic mass is 10.1. The van der Waals surface area contributed by atoms with Crippen molar-refractivity contribution >= 4 is 11.4 Å². The molecule has 0 amide bonds. The van der Waals surface area contributed by atoms with Gasteiger partial charge in [0.25, 0.3) is 0 Å². The minimum absolute atomic E-state index is 0.908. The van der Waals surface area contributed by atoms with Gasteiger partial charge in [-0.25, -0.2) is 0 Å². The molecule has 0 saturated heterocycles. The number of para-hydroxylation sites is 2. The van der Waals surface area contributed by atoms with Crippen molar-refractivity contribution in [3.05, 3.63) is 72.8 Å². The summed E-state index contributed by atoms with van der Waals surface area (Å²) in [6.45, 7) is 7.16. The molecule has 0 unspecified atom stereocenters. The van der Waals surface area contributed by atoms with E-state index < -0.39 is 0 Å². The Hall–Kier alpha value is -2.02. The number of rotatable bonds is 7. The molecule has 2 aromatic carbocycles. The van der Waals surface area contributed by atoms with Gasteiger partial charge in [0, 0.05) is 17.9 Å². The van der Waals surface area contributed by atoms with E-state index in [-0.39, 0.29) is 0 Å². The molecule has 2 rings (SSSR count). The number of anilines is 2. The number of hydrogen-bond donors (Lipinski definition) is 0. The summed E-state index contributed by atoms with van der Waals surface area (Å²) in [7, 11) is 0. The van der Waals surface area contributed by atoms with Gasteiger partial charge in [0.2, 0.25) is 0 Å². The van der Waals surface area contributed by atoms with E-state index in [1.54, 1.807) is 0 Å². The number of unbranched alkanes of at least 4 members (excludes halogenated alkanes) is 1. The van der Waals surface area contributed by atoms with Gasteiger partial charge in [-0.2, -0.15) is 0 Å². The topological polar surface area (TPSA) is 3.24 Å². The van der Waals surface area contributed by atoms with Gasteiger partial charge in [0.05, 0.1) is 0 Å². The van der Waals surface area contributed by atoms with Crippen LogP contribution in [-0.4, -0.2) is 6.54 Å². The molecular formula is C19H23N. The summed E-state index contributed by atoms with van der Waals surface area (Å²) in [5.74, 6) is 0. The Morgan fingerprint density at radius 2 is 1.70 bits per heavy atom. The molecule has 1 heteroatoms. The SMILES string of the molecule is C=CCc1ccccc1N(CCCC)c1ccccc1. The summed E-state index contributed by atoms with van der Waals surface area (Å²) in [4.78, 5) is 2.42. The van der Waals surface area contributed by atoms with Crippen LogP contribution in [0.3, 0.4) is 0 Å². The van der Waals surface area contributed by atoms with Gasteiger partial charge in [-0.3, -0.25) is 0 Å². The van der Waals surface area contributed by atoms with E-state index in [4.69, 9.17) is 0 Å². The van der Waals surface area contributed by atoms with E-state index in [1.807, 2.05) is 6.08 Å². The first kappa shape index (κ1) is 14.4. The highest BCUT2D eigenvalue weighted by Gasteiger charge is 2.11. The summed E-state index contributed by atoms with van der Waals surface area (Å²) in [5.41, 5.74) is 3.90. The summed E-state index contributed by atoms with van der Waals surface area (Å²) < 4.78 is 0. The molecule has 0 radical (unpaired) electrons. The van der Waals surface area contributed by atoms with Crippen molar-refractivity contribution in [1.29, 1.82) is 0 Å². The van der Waals surface area contributed by atoms with Crippen LogP contribution in [0, 0.1) is 0 Å². The molecule has 0 aromatic heterocycles. The van der Waals surface area contributed by atoms with Crippen molar-refractivity contribution < 1.29 is 0 Å². The van der Waals surface area contributed by atoms with Gasteiger partial charge >= 0.3 is 0 Å². The Kier molecular flexibility index (Phi) is 5.43. The maximum atomic E-state index is 3.87. The zero-order valence-electron chi connectivity index (χ0n) is 12.3. The predicted octanol–water partition coefficient (Wildman–Crippen LogP) is 5.35. The number of hydrogen-bond acceptors (Lipinski definition) is 1. The lowest BCUT2D eigenvalue weighted by Crippen LogP contribution is -2.19. The smallest absolute Gasteiger partial charge is 0.0446 e. The normalized spacial score (nSPS) is 10.2. The largest absolute Gasteiger partial charge is 0.341 e. The van der Waals surface area contributed by atoms with Crippen LogP contribution >= 0.6 is 0 Å². The van der Waals surface area contributed by atoms with Crippen LogP contribution in [0.25, 0.3) is 0 Å². The minimum atomic E-state index is 0.908. The third-order valence-corrected chi connectivity index (χ3v) is 3.45. The average Bonchev–Trinajstić information content (AvgIpc) is 2.50. The molecule has 0 atom stereocenters.